The van der Waals surface area contributed by atoms with Crippen molar-refractivity contribution in [2.75, 3.05) is 13.2 Å². The summed E-state index contributed by atoms with van der Waals surface area (Å²) in [4.78, 5) is 11.5. The van der Waals surface area contributed by atoms with Gasteiger partial charge in [-0.3, -0.25) is 9.48 Å². The van der Waals surface area contributed by atoms with Crippen molar-refractivity contribution < 1.29 is 9.53 Å². The molecule has 0 aliphatic rings. The summed E-state index contributed by atoms with van der Waals surface area (Å²) in [5, 5.41) is 6.98. The molecule has 0 aliphatic heterocycles. The van der Waals surface area contributed by atoms with Crippen molar-refractivity contribution in [3.8, 4) is 5.75 Å². The molecule has 1 heterocycles. The van der Waals surface area contributed by atoms with Crippen LogP contribution in [0.3, 0.4) is 0 Å². The minimum absolute atomic E-state index is 0. The van der Waals surface area contributed by atoms with E-state index in [0.29, 0.717) is 12.3 Å². The smallest absolute Gasteiger partial charge is 0.257 e. The molecule has 6 nitrogen and oxygen atoms in total. The van der Waals surface area contributed by atoms with E-state index in [1.807, 2.05) is 27.8 Å². The number of amides is 1. The Morgan fingerprint density at radius 2 is 2.16 bits per heavy atom. The molecule has 3 N–H and O–H groups in total. The lowest BCUT2D eigenvalue weighted by Crippen LogP contribution is -2.32. The summed E-state index contributed by atoms with van der Waals surface area (Å²) >= 11 is 0. The Bertz CT molecular complexity index is 418. The Hall–Kier alpha value is -1.27. The molecule has 0 spiro atoms. The number of rotatable bonds is 6. The molecular weight excluding hydrogens is 268 g/mol. The number of aryl methyl sites for hydroxylation is 2. The maximum atomic E-state index is 11.5. The Balaban J connectivity index is 0.00000324. The highest BCUT2D eigenvalue weighted by atomic mass is 35.5. The van der Waals surface area contributed by atoms with Gasteiger partial charge in [0.1, 0.15) is 5.69 Å². The van der Waals surface area contributed by atoms with E-state index in [-0.39, 0.29) is 31.0 Å². The number of aromatic nitrogens is 2. The zero-order chi connectivity index (χ0) is 13.7. The average Bonchev–Trinajstić information content (AvgIpc) is 2.50. The number of carbonyl (C=O) groups excluding carboxylic acids is 1. The van der Waals surface area contributed by atoms with Gasteiger partial charge in [0, 0.05) is 19.6 Å². The van der Waals surface area contributed by atoms with E-state index in [2.05, 4.69) is 10.4 Å². The lowest BCUT2D eigenvalue weighted by molar-refractivity contribution is -0.123. The molecule has 7 heteroatoms. The highest BCUT2D eigenvalue weighted by Gasteiger charge is 2.12. The van der Waals surface area contributed by atoms with Crippen LogP contribution in [0.25, 0.3) is 0 Å². The number of hydrogen-bond donors (Lipinski definition) is 2. The van der Waals surface area contributed by atoms with Crippen molar-refractivity contribution in [3.05, 3.63) is 11.4 Å². The molecule has 0 radical (unpaired) electrons. The Labute approximate surface area is 120 Å². The van der Waals surface area contributed by atoms with Gasteiger partial charge in [0.15, 0.2) is 12.4 Å². The van der Waals surface area contributed by atoms with Crippen LogP contribution in [0, 0.1) is 13.8 Å². The Morgan fingerprint density at radius 3 is 2.63 bits per heavy atom. The molecule has 0 aliphatic carbocycles. The Kier molecular flexibility index (Phi) is 7.48. The second-order valence-electron chi connectivity index (χ2n) is 4.53. The van der Waals surface area contributed by atoms with Gasteiger partial charge in [-0.25, -0.2) is 0 Å². The van der Waals surface area contributed by atoms with E-state index in [0.717, 1.165) is 17.8 Å². The molecule has 0 fully saturated rings. The van der Waals surface area contributed by atoms with Crippen molar-refractivity contribution in [2.24, 2.45) is 12.8 Å². The summed E-state index contributed by atoms with van der Waals surface area (Å²) in [7, 11) is 1.85. The molecule has 1 amide bonds. The van der Waals surface area contributed by atoms with Gasteiger partial charge in [0.2, 0.25) is 0 Å². The zero-order valence-electron chi connectivity index (χ0n) is 11.9. The second-order valence-corrected chi connectivity index (χ2v) is 4.53. The standard InChI is InChI=1S/C12H22N4O2.ClH/c1-8(13)5-6-14-11(17)7-18-12-9(2)15-16(4)10(12)3;/h8H,5-7,13H2,1-4H3,(H,14,17);1H. The lowest BCUT2D eigenvalue weighted by Gasteiger charge is -2.09. The molecule has 0 saturated carbocycles. The highest BCUT2D eigenvalue weighted by molar-refractivity contribution is 5.85. The van der Waals surface area contributed by atoms with Crippen LogP contribution in [0.5, 0.6) is 5.75 Å². The van der Waals surface area contributed by atoms with E-state index < -0.39 is 0 Å². The van der Waals surface area contributed by atoms with E-state index in [1.54, 1.807) is 4.68 Å². The fourth-order valence-electron chi connectivity index (χ4n) is 1.59. The van der Waals surface area contributed by atoms with Crippen LogP contribution >= 0.6 is 12.4 Å². The molecular formula is C12H23ClN4O2. The van der Waals surface area contributed by atoms with Gasteiger partial charge in [0.05, 0.1) is 5.69 Å². The van der Waals surface area contributed by atoms with Crippen LogP contribution in [0.15, 0.2) is 0 Å². The van der Waals surface area contributed by atoms with E-state index in [9.17, 15) is 4.79 Å². The number of ether oxygens (including phenoxy) is 1. The molecule has 0 aromatic carbocycles. The normalized spacial score (nSPS) is 11.6. The molecule has 1 rings (SSSR count). The third kappa shape index (κ3) is 5.48. The van der Waals surface area contributed by atoms with Crippen LogP contribution in [-0.4, -0.2) is 34.9 Å². The van der Waals surface area contributed by atoms with Crippen molar-refractivity contribution >= 4 is 18.3 Å². The third-order valence-electron chi connectivity index (χ3n) is 2.71. The number of carbonyl (C=O) groups is 1. The van der Waals surface area contributed by atoms with E-state index >= 15 is 0 Å². The first kappa shape index (κ1) is 17.7. The minimum atomic E-state index is -0.140. The monoisotopic (exact) mass is 290 g/mol. The van der Waals surface area contributed by atoms with E-state index in [4.69, 9.17) is 10.5 Å². The van der Waals surface area contributed by atoms with Gasteiger partial charge in [-0.05, 0) is 27.2 Å². The van der Waals surface area contributed by atoms with Crippen LogP contribution in [-0.2, 0) is 11.8 Å². The van der Waals surface area contributed by atoms with Gasteiger partial charge in [-0.1, -0.05) is 0 Å². The number of nitrogens with two attached hydrogens (primary N) is 1. The average molecular weight is 291 g/mol. The zero-order valence-corrected chi connectivity index (χ0v) is 12.7. The molecule has 0 bridgehead atoms. The van der Waals surface area contributed by atoms with Gasteiger partial charge in [-0.15, -0.1) is 12.4 Å². The molecule has 110 valence electrons. The van der Waals surface area contributed by atoms with Gasteiger partial charge in [-0.2, -0.15) is 5.10 Å². The molecule has 1 aromatic heterocycles. The summed E-state index contributed by atoms with van der Waals surface area (Å²) < 4.78 is 7.22. The molecule has 1 aromatic rings. The number of hydrogen-bond acceptors (Lipinski definition) is 4. The van der Waals surface area contributed by atoms with Crippen molar-refractivity contribution in [1.29, 1.82) is 0 Å². The number of nitrogens with zero attached hydrogens (tertiary/aromatic N) is 2. The Morgan fingerprint density at radius 1 is 1.53 bits per heavy atom. The SMILES string of the molecule is Cc1nn(C)c(C)c1OCC(=O)NCCC(C)N.Cl. The minimum Gasteiger partial charge on any atom is -0.480 e. The maximum Gasteiger partial charge on any atom is 0.257 e. The van der Waals surface area contributed by atoms with Crippen molar-refractivity contribution in [2.45, 2.75) is 33.2 Å². The molecule has 1 unspecified atom stereocenters. The number of nitrogens with one attached hydrogen (secondary N) is 1. The first-order valence-corrected chi connectivity index (χ1v) is 6.07. The maximum absolute atomic E-state index is 11.5. The quantitative estimate of drug-likeness (QED) is 0.808. The molecule has 19 heavy (non-hydrogen) atoms. The van der Waals surface area contributed by atoms with E-state index in [1.165, 1.54) is 0 Å². The summed E-state index contributed by atoms with van der Waals surface area (Å²) in [6.07, 6.45) is 0.761. The van der Waals surface area contributed by atoms with Crippen LogP contribution in [0.2, 0.25) is 0 Å². The second kappa shape index (κ2) is 8.01. The fraction of sp³-hybridized carbons (Fsp3) is 0.667. The first-order chi connectivity index (χ1) is 8.41. The van der Waals surface area contributed by atoms with Crippen molar-refractivity contribution in [1.82, 2.24) is 15.1 Å². The van der Waals surface area contributed by atoms with Gasteiger partial charge >= 0.3 is 0 Å². The summed E-state index contributed by atoms with van der Waals surface area (Å²) in [5.41, 5.74) is 7.30. The lowest BCUT2D eigenvalue weighted by atomic mass is 10.2. The summed E-state index contributed by atoms with van der Waals surface area (Å²) in [5.74, 6) is 0.540. The molecule has 0 saturated heterocycles. The van der Waals surface area contributed by atoms with Crippen LogP contribution < -0.4 is 15.8 Å². The fourth-order valence-corrected chi connectivity index (χ4v) is 1.59. The largest absolute Gasteiger partial charge is 0.480 e. The topological polar surface area (TPSA) is 82.2 Å². The molecule has 1 atom stereocenters. The third-order valence-corrected chi connectivity index (χ3v) is 2.71. The summed E-state index contributed by atoms with van der Waals surface area (Å²) in [6.45, 7) is 6.25. The van der Waals surface area contributed by atoms with Crippen LogP contribution in [0.1, 0.15) is 24.7 Å². The predicted molar refractivity (Wildman–Crippen MR) is 76.7 cm³/mol. The van der Waals surface area contributed by atoms with Gasteiger partial charge in [0.25, 0.3) is 5.91 Å². The highest BCUT2D eigenvalue weighted by Crippen LogP contribution is 2.20. The summed E-state index contributed by atoms with van der Waals surface area (Å²) in [6, 6.07) is 0.0917. The number of halogens is 1. The first-order valence-electron chi connectivity index (χ1n) is 6.07. The van der Waals surface area contributed by atoms with Crippen molar-refractivity contribution in [3.63, 3.8) is 0 Å². The van der Waals surface area contributed by atoms with Crippen LogP contribution in [0.4, 0.5) is 0 Å². The van der Waals surface area contributed by atoms with Gasteiger partial charge < -0.3 is 15.8 Å². The predicted octanol–water partition coefficient (Wildman–Crippen LogP) is 0.691.